The SMILES string of the molecule is Cc1cccc(N2CC[NH+](CC(=O)N(C)CC(=O)Nc3c(C)cccc3C)CC2)c1C. The van der Waals surface area contributed by atoms with Gasteiger partial charge < -0.3 is 20.0 Å². The van der Waals surface area contributed by atoms with E-state index in [1.165, 1.54) is 26.6 Å². The molecule has 31 heavy (non-hydrogen) atoms. The zero-order valence-electron chi connectivity index (χ0n) is 19.4. The standard InChI is InChI=1S/C25H34N4O2/c1-18-8-7-11-22(21(18)4)29-14-12-28(13-15-29)17-24(31)27(5)16-23(30)26-25-19(2)9-6-10-20(25)3/h6-11H,12-17H2,1-5H3,(H,26,30)/p+1. The van der Waals surface area contributed by atoms with Crippen molar-refractivity contribution in [2.45, 2.75) is 27.7 Å². The number of likely N-dealkylation sites (N-methyl/N-ethyl adjacent to an activating group) is 1. The van der Waals surface area contributed by atoms with Crippen LogP contribution in [0.2, 0.25) is 0 Å². The Bertz CT molecular complexity index is 928. The van der Waals surface area contributed by atoms with Crippen LogP contribution in [0.1, 0.15) is 22.3 Å². The first kappa shape index (κ1) is 22.8. The molecule has 1 aliphatic heterocycles. The highest BCUT2D eigenvalue weighted by Crippen LogP contribution is 2.22. The number of para-hydroxylation sites is 1. The molecule has 1 aliphatic rings. The lowest BCUT2D eigenvalue weighted by Crippen LogP contribution is -3.15. The maximum atomic E-state index is 12.7. The molecule has 6 heteroatoms. The summed E-state index contributed by atoms with van der Waals surface area (Å²) in [5.74, 6) is -0.158. The molecule has 0 aromatic heterocycles. The van der Waals surface area contributed by atoms with Crippen LogP contribution in [0.4, 0.5) is 11.4 Å². The van der Waals surface area contributed by atoms with Gasteiger partial charge in [0.1, 0.15) is 0 Å². The molecule has 0 saturated carbocycles. The van der Waals surface area contributed by atoms with Crippen molar-refractivity contribution >= 4 is 23.2 Å². The minimum Gasteiger partial charge on any atom is -0.360 e. The van der Waals surface area contributed by atoms with E-state index in [2.05, 4.69) is 42.3 Å². The molecule has 3 rings (SSSR count). The molecular weight excluding hydrogens is 388 g/mol. The lowest BCUT2D eigenvalue weighted by atomic mass is 10.1. The fourth-order valence-electron chi connectivity index (χ4n) is 4.16. The molecule has 2 N–H and O–H groups in total. The van der Waals surface area contributed by atoms with E-state index < -0.39 is 0 Å². The van der Waals surface area contributed by atoms with Gasteiger partial charge in [0.05, 0.1) is 32.7 Å². The highest BCUT2D eigenvalue weighted by atomic mass is 16.2. The van der Waals surface area contributed by atoms with Crippen LogP contribution in [-0.4, -0.2) is 63.0 Å². The summed E-state index contributed by atoms with van der Waals surface area (Å²) in [7, 11) is 1.71. The molecule has 166 valence electrons. The second kappa shape index (κ2) is 9.96. The van der Waals surface area contributed by atoms with Crippen molar-refractivity contribution in [2.24, 2.45) is 0 Å². The third kappa shape index (κ3) is 5.64. The number of carbonyl (C=O) groups excluding carboxylic acids is 2. The van der Waals surface area contributed by atoms with Crippen LogP contribution in [0.3, 0.4) is 0 Å². The molecule has 0 radical (unpaired) electrons. The molecule has 0 spiro atoms. The van der Waals surface area contributed by atoms with Crippen molar-refractivity contribution in [1.82, 2.24) is 4.90 Å². The Kier molecular flexibility index (Phi) is 7.33. The number of anilines is 2. The molecule has 1 fully saturated rings. The third-order valence-corrected chi connectivity index (χ3v) is 6.34. The van der Waals surface area contributed by atoms with Gasteiger partial charge in [-0.3, -0.25) is 9.59 Å². The number of aryl methyl sites for hydroxylation is 3. The summed E-state index contributed by atoms with van der Waals surface area (Å²) in [4.78, 5) is 30.4. The van der Waals surface area contributed by atoms with E-state index in [0.29, 0.717) is 6.54 Å². The summed E-state index contributed by atoms with van der Waals surface area (Å²) in [6.07, 6.45) is 0. The molecule has 1 heterocycles. The molecule has 2 aromatic rings. The fourth-order valence-corrected chi connectivity index (χ4v) is 4.16. The lowest BCUT2D eigenvalue weighted by molar-refractivity contribution is -0.892. The van der Waals surface area contributed by atoms with Gasteiger partial charge >= 0.3 is 0 Å². The van der Waals surface area contributed by atoms with Crippen molar-refractivity contribution < 1.29 is 14.5 Å². The van der Waals surface area contributed by atoms with Gasteiger partial charge in [-0.15, -0.1) is 0 Å². The molecule has 2 amide bonds. The summed E-state index contributed by atoms with van der Waals surface area (Å²) in [6.45, 7) is 12.5. The van der Waals surface area contributed by atoms with Crippen LogP contribution in [0.15, 0.2) is 36.4 Å². The van der Waals surface area contributed by atoms with Crippen molar-refractivity contribution in [1.29, 1.82) is 0 Å². The zero-order valence-corrected chi connectivity index (χ0v) is 19.4. The first-order valence-corrected chi connectivity index (χ1v) is 11.0. The lowest BCUT2D eigenvalue weighted by Gasteiger charge is -2.35. The fraction of sp³-hybridized carbons (Fsp3) is 0.440. The smallest absolute Gasteiger partial charge is 0.277 e. The van der Waals surface area contributed by atoms with Gasteiger partial charge in [-0.25, -0.2) is 0 Å². The number of piperazine rings is 1. The van der Waals surface area contributed by atoms with Crippen LogP contribution in [0.5, 0.6) is 0 Å². The van der Waals surface area contributed by atoms with Crippen molar-refractivity contribution in [2.75, 3.05) is 56.5 Å². The van der Waals surface area contributed by atoms with Crippen LogP contribution >= 0.6 is 0 Å². The molecule has 0 aliphatic carbocycles. The largest absolute Gasteiger partial charge is 0.360 e. The van der Waals surface area contributed by atoms with E-state index in [9.17, 15) is 9.59 Å². The second-order valence-electron chi connectivity index (χ2n) is 8.70. The van der Waals surface area contributed by atoms with Gasteiger partial charge in [-0.2, -0.15) is 0 Å². The summed E-state index contributed by atoms with van der Waals surface area (Å²) >= 11 is 0. The van der Waals surface area contributed by atoms with E-state index in [1.54, 1.807) is 7.05 Å². The number of carbonyl (C=O) groups is 2. The average molecular weight is 424 g/mol. The van der Waals surface area contributed by atoms with Crippen LogP contribution < -0.4 is 15.1 Å². The number of rotatable bonds is 6. The Hall–Kier alpha value is -2.86. The quantitative estimate of drug-likeness (QED) is 0.744. The maximum absolute atomic E-state index is 12.7. The predicted molar refractivity (Wildman–Crippen MR) is 126 cm³/mol. The average Bonchev–Trinajstić information content (AvgIpc) is 2.73. The van der Waals surface area contributed by atoms with Gasteiger partial charge in [0.2, 0.25) is 5.91 Å². The van der Waals surface area contributed by atoms with Crippen molar-refractivity contribution in [3.63, 3.8) is 0 Å². The Labute approximate surface area is 185 Å². The van der Waals surface area contributed by atoms with Gasteiger partial charge in [0, 0.05) is 18.4 Å². The third-order valence-electron chi connectivity index (χ3n) is 6.34. The molecule has 6 nitrogen and oxygen atoms in total. The van der Waals surface area contributed by atoms with Crippen LogP contribution in [0.25, 0.3) is 0 Å². The summed E-state index contributed by atoms with van der Waals surface area (Å²) in [6, 6.07) is 12.3. The summed E-state index contributed by atoms with van der Waals surface area (Å²) in [5, 5.41) is 2.96. The van der Waals surface area contributed by atoms with Gasteiger partial charge in [0.25, 0.3) is 5.91 Å². The number of hydrogen-bond acceptors (Lipinski definition) is 3. The predicted octanol–water partition coefficient (Wildman–Crippen LogP) is 1.72. The van der Waals surface area contributed by atoms with Crippen molar-refractivity contribution in [3.8, 4) is 0 Å². The Morgan fingerprint density at radius 3 is 2.19 bits per heavy atom. The highest BCUT2D eigenvalue weighted by Gasteiger charge is 2.25. The summed E-state index contributed by atoms with van der Waals surface area (Å²) in [5.41, 5.74) is 6.81. The molecule has 0 unspecified atom stereocenters. The van der Waals surface area contributed by atoms with E-state index in [1.807, 2.05) is 32.0 Å². The van der Waals surface area contributed by atoms with E-state index in [-0.39, 0.29) is 18.4 Å². The van der Waals surface area contributed by atoms with Crippen molar-refractivity contribution in [3.05, 3.63) is 58.7 Å². The summed E-state index contributed by atoms with van der Waals surface area (Å²) < 4.78 is 0. The Balaban J connectivity index is 1.48. The molecule has 0 atom stereocenters. The molecule has 1 saturated heterocycles. The van der Waals surface area contributed by atoms with E-state index in [0.717, 1.165) is 43.0 Å². The number of hydrogen-bond donors (Lipinski definition) is 2. The Morgan fingerprint density at radius 1 is 0.968 bits per heavy atom. The Morgan fingerprint density at radius 2 is 1.55 bits per heavy atom. The first-order chi connectivity index (χ1) is 14.8. The minimum absolute atomic E-state index is 0.00633. The number of nitrogens with one attached hydrogen (secondary N) is 2. The zero-order chi connectivity index (χ0) is 22.5. The van der Waals surface area contributed by atoms with Gasteiger partial charge in [-0.05, 0) is 56.0 Å². The number of quaternary nitrogens is 1. The maximum Gasteiger partial charge on any atom is 0.277 e. The van der Waals surface area contributed by atoms with Gasteiger partial charge in [0.15, 0.2) is 6.54 Å². The number of benzene rings is 2. The van der Waals surface area contributed by atoms with E-state index >= 15 is 0 Å². The molecular formula is C25H35N4O2+. The van der Waals surface area contributed by atoms with Crippen LogP contribution in [-0.2, 0) is 9.59 Å². The normalized spacial score (nSPS) is 14.4. The topological polar surface area (TPSA) is 57.1 Å². The molecule has 0 bridgehead atoms. The number of amides is 2. The minimum atomic E-state index is -0.164. The number of nitrogens with zero attached hydrogens (tertiary/aromatic N) is 2. The second-order valence-corrected chi connectivity index (χ2v) is 8.70. The van der Waals surface area contributed by atoms with Gasteiger partial charge in [-0.1, -0.05) is 30.3 Å². The van der Waals surface area contributed by atoms with Crippen LogP contribution in [0, 0.1) is 27.7 Å². The first-order valence-electron chi connectivity index (χ1n) is 11.0. The molecule has 2 aromatic carbocycles. The van der Waals surface area contributed by atoms with E-state index in [4.69, 9.17) is 0 Å². The highest BCUT2D eigenvalue weighted by molar-refractivity contribution is 5.95. The monoisotopic (exact) mass is 423 g/mol.